The van der Waals surface area contributed by atoms with Crippen molar-refractivity contribution in [3.05, 3.63) is 78.5 Å². The first-order valence-electron chi connectivity index (χ1n) is 9.76. The minimum Gasteiger partial charge on any atom is -0.338 e. The number of halogens is 3. The molecule has 0 spiro atoms. The van der Waals surface area contributed by atoms with Crippen LogP contribution in [-0.4, -0.2) is 30.8 Å². The van der Waals surface area contributed by atoms with E-state index < -0.39 is 17.8 Å². The van der Waals surface area contributed by atoms with Crippen LogP contribution in [-0.2, 0) is 17.4 Å². The highest BCUT2D eigenvalue weighted by Gasteiger charge is 2.35. The average Bonchev–Trinajstić information content (AvgIpc) is 3.54. The molecule has 11 heteroatoms. The zero-order chi connectivity index (χ0) is 23.0. The summed E-state index contributed by atoms with van der Waals surface area (Å²) < 4.78 is 44.2. The fraction of sp³-hybridized carbons (Fsp3) is 0.0909. The maximum Gasteiger partial charge on any atom is 0.436 e. The van der Waals surface area contributed by atoms with Crippen LogP contribution in [0.4, 0.5) is 19.1 Å². The number of hydrogen-bond donors (Lipinski definition) is 2. The van der Waals surface area contributed by atoms with Crippen LogP contribution in [0.2, 0.25) is 0 Å². The number of carbonyl (C=O) groups is 1. The second-order valence-corrected chi connectivity index (χ2v) is 7.27. The van der Waals surface area contributed by atoms with Crippen molar-refractivity contribution in [2.75, 3.05) is 5.32 Å². The second kappa shape index (κ2) is 7.93. The van der Waals surface area contributed by atoms with Gasteiger partial charge in [-0.05, 0) is 35.4 Å². The number of imidazole rings is 1. The van der Waals surface area contributed by atoms with E-state index in [1.54, 1.807) is 24.7 Å². The number of carbonyl (C=O) groups excluding carboxylic acids is 1. The van der Waals surface area contributed by atoms with Crippen LogP contribution >= 0.6 is 0 Å². The molecule has 8 nitrogen and oxygen atoms in total. The molecule has 0 unspecified atom stereocenters. The highest BCUT2D eigenvalue weighted by atomic mass is 19.4. The Kier molecular flexibility index (Phi) is 4.93. The number of anilines is 1. The molecule has 0 bridgehead atoms. The molecule has 0 atom stereocenters. The Morgan fingerprint density at radius 2 is 1.91 bits per heavy atom. The normalized spacial score (nSPS) is 11.7. The zero-order valence-corrected chi connectivity index (χ0v) is 16.8. The largest absolute Gasteiger partial charge is 0.436 e. The van der Waals surface area contributed by atoms with Gasteiger partial charge in [-0.25, -0.2) is 4.98 Å². The van der Waals surface area contributed by atoms with Gasteiger partial charge in [-0.2, -0.15) is 18.3 Å². The summed E-state index contributed by atoms with van der Waals surface area (Å²) in [5.41, 5.74) is 4.03. The highest BCUT2D eigenvalue weighted by molar-refractivity contribution is 5.91. The SMILES string of the molecule is O=C(Cc1ccc(-n2cnc3cc(-c4cn[nH]c4)ccc32)cc1)Nc1cc(C(F)(F)F)no1. The first-order chi connectivity index (χ1) is 15.9. The topological polar surface area (TPSA) is 102 Å². The van der Waals surface area contributed by atoms with E-state index in [4.69, 9.17) is 0 Å². The second-order valence-electron chi connectivity index (χ2n) is 7.27. The lowest BCUT2D eigenvalue weighted by Gasteiger charge is -2.07. The van der Waals surface area contributed by atoms with Crippen LogP contribution in [0.5, 0.6) is 0 Å². The predicted molar refractivity (Wildman–Crippen MR) is 112 cm³/mol. The Morgan fingerprint density at radius 1 is 1.09 bits per heavy atom. The minimum atomic E-state index is -4.64. The number of nitrogens with zero attached hydrogens (tertiary/aromatic N) is 4. The molecule has 166 valence electrons. The Hall–Kier alpha value is -4.41. The van der Waals surface area contributed by atoms with Crippen LogP contribution in [0.1, 0.15) is 11.3 Å². The summed E-state index contributed by atoms with van der Waals surface area (Å²) in [6.45, 7) is 0. The summed E-state index contributed by atoms with van der Waals surface area (Å²) in [6, 6.07) is 13.8. The van der Waals surface area contributed by atoms with E-state index >= 15 is 0 Å². The number of H-pyrrole nitrogens is 1. The molecule has 33 heavy (non-hydrogen) atoms. The Morgan fingerprint density at radius 3 is 2.61 bits per heavy atom. The summed E-state index contributed by atoms with van der Waals surface area (Å²) >= 11 is 0. The summed E-state index contributed by atoms with van der Waals surface area (Å²) in [6.07, 6.45) is 0.588. The molecular formula is C22H15F3N6O2. The third-order valence-electron chi connectivity index (χ3n) is 5.02. The van der Waals surface area contributed by atoms with Crippen LogP contribution in [0.3, 0.4) is 0 Å². The van der Waals surface area contributed by atoms with Gasteiger partial charge < -0.3 is 4.52 Å². The molecule has 1 amide bonds. The van der Waals surface area contributed by atoms with Crippen molar-refractivity contribution < 1.29 is 22.5 Å². The van der Waals surface area contributed by atoms with Gasteiger partial charge in [-0.15, -0.1) is 0 Å². The summed E-state index contributed by atoms with van der Waals surface area (Å²) in [5.74, 6) is -0.879. The minimum absolute atomic E-state index is 0.0406. The monoisotopic (exact) mass is 452 g/mol. The molecule has 0 saturated carbocycles. The Balaban J connectivity index is 1.29. The molecule has 0 aliphatic rings. The van der Waals surface area contributed by atoms with Crippen molar-refractivity contribution in [2.24, 2.45) is 0 Å². The highest BCUT2D eigenvalue weighted by Crippen LogP contribution is 2.30. The van der Waals surface area contributed by atoms with E-state index in [1.165, 1.54) is 0 Å². The van der Waals surface area contributed by atoms with Gasteiger partial charge in [0.25, 0.3) is 0 Å². The van der Waals surface area contributed by atoms with Crippen LogP contribution in [0, 0.1) is 0 Å². The lowest BCUT2D eigenvalue weighted by atomic mass is 10.1. The van der Waals surface area contributed by atoms with Gasteiger partial charge in [0, 0.05) is 23.5 Å². The number of aromatic nitrogens is 5. The fourth-order valence-electron chi connectivity index (χ4n) is 3.42. The number of alkyl halides is 3. The van der Waals surface area contributed by atoms with Gasteiger partial charge >= 0.3 is 6.18 Å². The third kappa shape index (κ3) is 4.20. The first-order valence-corrected chi connectivity index (χ1v) is 9.76. The molecule has 5 aromatic rings. The molecule has 0 fully saturated rings. The number of aromatic amines is 1. The molecule has 0 radical (unpaired) electrons. The van der Waals surface area contributed by atoms with Gasteiger partial charge in [0.2, 0.25) is 11.8 Å². The maximum atomic E-state index is 12.6. The fourth-order valence-corrected chi connectivity index (χ4v) is 3.42. The quantitative estimate of drug-likeness (QED) is 0.406. The number of amides is 1. The molecule has 2 aromatic carbocycles. The molecule has 0 saturated heterocycles. The van der Waals surface area contributed by atoms with Crippen molar-refractivity contribution in [1.29, 1.82) is 0 Å². The molecule has 3 heterocycles. The molecular weight excluding hydrogens is 437 g/mol. The van der Waals surface area contributed by atoms with Crippen LogP contribution in [0.25, 0.3) is 27.8 Å². The van der Waals surface area contributed by atoms with E-state index in [-0.39, 0.29) is 12.3 Å². The van der Waals surface area contributed by atoms with Gasteiger partial charge in [-0.1, -0.05) is 23.4 Å². The molecule has 0 aliphatic heterocycles. The lowest BCUT2D eigenvalue weighted by Crippen LogP contribution is -2.14. The van der Waals surface area contributed by atoms with Gasteiger partial charge in [0.1, 0.15) is 6.33 Å². The maximum absolute atomic E-state index is 12.6. The van der Waals surface area contributed by atoms with Gasteiger partial charge in [0.15, 0.2) is 5.69 Å². The van der Waals surface area contributed by atoms with Gasteiger partial charge in [-0.3, -0.25) is 19.8 Å². The van der Waals surface area contributed by atoms with E-state index in [0.29, 0.717) is 11.6 Å². The third-order valence-corrected chi connectivity index (χ3v) is 5.02. The Labute approximate surface area is 184 Å². The zero-order valence-electron chi connectivity index (χ0n) is 16.8. The van der Waals surface area contributed by atoms with Gasteiger partial charge in [0.05, 0.1) is 23.7 Å². The standard InChI is InChI=1S/C22H15F3N6O2/c23-22(24,25)19-9-21(33-30-19)29-20(32)7-13-1-4-16(5-2-13)31-12-26-17-8-14(3-6-18(17)31)15-10-27-28-11-15/h1-6,8-12H,7H2,(H,27,28)(H,29,32). The van der Waals surface area contributed by atoms with E-state index in [2.05, 4.69) is 30.2 Å². The number of fused-ring (bicyclic) bond motifs is 1. The predicted octanol–water partition coefficient (Wildman–Crippen LogP) is 4.60. The average molecular weight is 452 g/mol. The van der Waals surface area contributed by atoms with Crippen LogP contribution in [0.15, 0.2) is 71.8 Å². The lowest BCUT2D eigenvalue weighted by molar-refractivity contribution is -0.142. The van der Waals surface area contributed by atoms with Crippen molar-refractivity contribution in [3.8, 4) is 16.8 Å². The number of rotatable bonds is 5. The smallest absolute Gasteiger partial charge is 0.338 e. The number of nitrogens with one attached hydrogen (secondary N) is 2. The summed E-state index contributed by atoms with van der Waals surface area (Å²) in [4.78, 5) is 16.6. The van der Waals surface area contributed by atoms with Crippen LogP contribution < -0.4 is 5.32 Å². The molecule has 5 rings (SSSR count). The van der Waals surface area contributed by atoms with Crippen molar-refractivity contribution in [2.45, 2.75) is 12.6 Å². The van der Waals surface area contributed by atoms with Crippen molar-refractivity contribution >= 4 is 22.8 Å². The summed E-state index contributed by atoms with van der Waals surface area (Å²) in [5, 5.41) is 11.9. The van der Waals surface area contributed by atoms with E-state index in [1.807, 2.05) is 41.1 Å². The number of benzene rings is 2. The molecule has 3 aromatic heterocycles. The van der Waals surface area contributed by atoms with Crippen molar-refractivity contribution in [1.82, 2.24) is 24.9 Å². The molecule has 2 N–H and O–H groups in total. The number of hydrogen-bond acceptors (Lipinski definition) is 5. The Bertz CT molecular complexity index is 1420. The van der Waals surface area contributed by atoms with E-state index in [0.717, 1.165) is 27.8 Å². The van der Waals surface area contributed by atoms with E-state index in [9.17, 15) is 18.0 Å². The first kappa shape index (κ1) is 20.5. The molecule has 0 aliphatic carbocycles. The summed E-state index contributed by atoms with van der Waals surface area (Å²) in [7, 11) is 0. The van der Waals surface area contributed by atoms with Crippen molar-refractivity contribution in [3.63, 3.8) is 0 Å².